The predicted molar refractivity (Wildman–Crippen MR) is 41.9 cm³/mol. The third kappa shape index (κ3) is 5.19. The van der Waals surface area contributed by atoms with E-state index in [0.29, 0.717) is 13.2 Å². The van der Waals surface area contributed by atoms with E-state index in [4.69, 9.17) is 9.47 Å². The summed E-state index contributed by atoms with van der Waals surface area (Å²) in [7, 11) is 0. The van der Waals surface area contributed by atoms with Crippen LogP contribution < -0.4 is 0 Å². The number of hydrogen-bond donors (Lipinski definition) is 0. The first-order chi connectivity index (χ1) is 6.18. The molecule has 0 spiro atoms. The molecule has 0 saturated carbocycles. The Bertz CT molecular complexity index is 197. The van der Waals surface area contributed by atoms with Crippen molar-refractivity contribution in [2.45, 2.75) is 19.4 Å². The lowest BCUT2D eigenvalue weighted by Gasteiger charge is -2.02. The molecule has 5 nitrogen and oxygen atoms in total. The van der Waals surface area contributed by atoms with Gasteiger partial charge in [-0.2, -0.15) is 0 Å². The highest BCUT2D eigenvalue weighted by atomic mass is 16.6. The summed E-state index contributed by atoms with van der Waals surface area (Å²) in [5, 5.41) is 0. The first-order valence-electron chi connectivity index (χ1n) is 4.09. The average Bonchev–Trinajstić information content (AvgIpc) is 2.83. The highest BCUT2D eigenvalue weighted by Gasteiger charge is 2.24. The molecule has 1 aliphatic heterocycles. The molecule has 0 N–H and O–H groups in total. The van der Waals surface area contributed by atoms with Gasteiger partial charge in [0.1, 0.15) is 19.3 Å². The topological polar surface area (TPSA) is 65.1 Å². The van der Waals surface area contributed by atoms with E-state index < -0.39 is 5.97 Å². The van der Waals surface area contributed by atoms with Crippen LogP contribution in [0.4, 0.5) is 0 Å². The summed E-state index contributed by atoms with van der Waals surface area (Å²) < 4.78 is 14.2. The molecule has 1 saturated heterocycles. The summed E-state index contributed by atoms with van der Waals surface area (Å²) in [5.41, 5.74) is 0. The van der Waals surface area contributed by atoms with Crippen molar-refractivity contribution >= 4 is 11.9 Å². The summed E-state index contributed by atoms with van der Waals surface area (Å²) in [6.45, 7) is 2.35. The number of epoxide rings is 1. The third-order valence-electron chi connectivity index (χ3n) is 1.44. The van der Waals surface area contributed by atoms with Crippen molar-refractivity contribution in [3.63, 3.8) is 0 Å². The zero-order valence-corrected chi connectivity index (χ0v) is 7.45. The molecule has 0 aromatic heterocycles. The van der Waals surface area contributed by atoms with Gasteiger partial charge in [0.25, 0.3) is 0 Å². The molecule has 74 valence electrons. The maximum Gasteiger partial charge on any atom is 0.309 e. The first kappa shape index (κ1) is 9.98. The second-order valence-electron chi connectivity index (χ2n) is 2.73. The van der Waals surface area contributed by atoms with Crippen LogP contribution in [-0.4, -0.2) is 37.9 Å². The van der Waals surface area contributed by atoms with Crippen molar-refractivity contribution < 1.29 is 23.8 Å². The summed E-state index contributed by atoms with van der Waals surface area (Å²) in [6.07, 6.45) is 0.185. The molecule has 0 aromatic rings. The zero-order valence-electron chi connectivity index (χ0n) is 7.45. The van der Waals surface area contributed by atoms with E-state index in [2.05, 4.69) is 4.74 Å². The van der Waals surface area contributed by atoms with Crippen molar-refractivity contribution in [2.75, 3.05) is 19.8 Å². The SMILES string of the molecule is CC(=O)OCCC(=O)OCC1CO1. The fraction of sp³-hybridized carbons (Fsp3) is 0.750. The number of ether oxygens (including phenoxy) is 3. The van der Waals surface area contributed by atoms with Gasteiger partial charge in [-0.15, -0.1) is 0 Å². The lowest BCUT2D eigenvalue weighted by atomic mass is 10.4. The van der Waals surface area contributed by atoms with E-state index in [-0.39, 0.29) is 25.1 Å². The fourth-order valence-electron chi connectivity index (χ4n) is 0.700. The highest BCUT2D eigenvalue weighted by Crippen LogP contribution is 2.08. The predicted octanol–water partition coefficient (Wildman–Crippen LogP) is -0.118. The fourth-order valence-corrected chi connectivity index (χ4v) is 0.700. The van der Waals surface area contributed by atoms with Crippen LogP contribution >= 0.6 is 0 Å². The van der Waals surface area contributed by atoms with Gasteiger partial charge in [0.15, 0.2) is 0 Å². The Labute approximate surface area is 76.0 Å². The summed E-state index contributed by atoms with van der Waals surface area (Å²) in [6, 6.07) is 0. The van der Waals surface area contributed by atoms with Gasteiger partial charge in [0.05, 0.1) is 13.0 Å². The molecule has 0 amide bonds. The summed E-state index contributed by atoms with van der Waals surface area (Å²) in [4.78, 5) is 21.2. The number of esters is 2. The van der Waals surface area contributed by atoms with Crippen LogP contribution in [0.1, 0.15) is 13.3 Å². The third-order valence-corrected chi connectivity index (χ3v) is 1.44. The molecule has 0 radical (unpaired) electrons. The Hall–Kier alpha value is -1.10. The van der Waals surface area contributed by atoms with Crippen molar-refractivity contribution in [3.8, 4) is 0 Å². The van der Waals surface area contributed by atoms with Gasteiger partial charge in [-0.25, -0.2) is 0 Å². The van der Waals surface area contributed by atoms with Crippen molar-refractivity contribution in [1.82, 2.24) is 0 Å². The van der Waals surface area contributed by atoms with Crippen LogP contribution in [0, 0.1) is 0 Å². The van der Waals surface area contributed by atoms with Crippen LogP contribution in [0.3, 0.4) is 0 Å². The normalized spacial score (nSPS) is 19.3. The van der Waals surface area contributed by atoms with Crippen LogP contribution in [-0.2, 0) is 23.8 Å². The van der Waals surface area contributed by atoms with Gasteiger partial charge >= 0.3 is 11.9 Å². The van der Waals surface area contributed by atoms with E-state index >= 15 is 0 Å². The van der Waals surface area contributed by atoms with Crippen LogP contribution in [0.15, 0.2) is 0 Å². The molecule has 0 aliphatic carbocycles. The van der Waals surface area contributed by atoms with Crippen LogP contribution in [0.5, 0.6) is 0 Å². The minimum absolute atomic E-state index is 0.0812. The smallest absolute Gasteiger partial charge is 0.309 e. The molecule has 1 atom stereocenters. The maximum absolute atomic E-state index is 10.9. The Morgan fingerprint density at radius 1 is 1.46 bits per heavy atom. The average molecular weight is 188 g/mol. The molecule has 0 aromatic carbocycles. The standard InChI is InChI=1S/C8H12O5/c1-6(9)11-3-2-8(10)13-5-7-4-12-7/h7H,2-5H2,1H3. The van der Waals surface area contributed by atoms with Crippen molar-refractivity contribution in [1.29, 1.82) is 0 Å². The number of rotatable bonds is 5. The van der Waals surface area contributed by atoms with Gasteiger partial charge < -0.3 is 14.2 Å². The summed E-state index contributed by atoms with van der Waals surface area (Å²) >= 11 is 0. The van der Waals surface area contributed by atoms with Gasteiger partial charge in [-0.3, -0.25) is 9.59 Å². The molecule has 1 fully saturated rings. The highest BCUT2D eigenvalue weighted by molar-refractivity contribution is 5.70. The van der Waals surface area contributed by atoms with Gasteiger partial charge in [0.2, 0.25) is 0 Å². The molecule has 0 bridgehead atoms. The molecule has 1 aliphatic rings. The first-order valence-corrected chi connectivity index (χ1v) is 4.09. The molecule has 1 unspecified atom stereocenters. The number of carbonyl (C=O) groups excluding carboxylic acids is 2. The molecule has 1 heterocycles. The molecular formula is C8H12O5. The Balaban J connectivity index is 1.93. The molecule has 1 rings (SSSR count). The minimum atomic E-state index is -0.390. The lowest BCUT2D eigenvalue weighted by molar-refractivity contribution is -0.148. The second kappa shape index (κ2) is 4.81. The quantitative estimate of drug-likeness (QED) is 0.444. The molecular weight excluding hydrogens is 176 g/mol. The minimum Gasteiger partial charge on any atom is -0.465 e. The van der Waals surface area contributed by atoms with E-state index in [1.807, 2.05) is 0 Å². The van der Waals surface area contributed by atoms with Crippen LogP contribution in [0.2, 0.25) is 0 Å². The van der Waals surface area contributed by atoms with Gasteiger partial charge in [0, 0.05) is 6.92 Å². The van der Waals surface area contributed by atoms with E-state index in [1.165, 1.54) is 6.92 Å². The Morgan fingerprint density at radius 2 is 2.15 bits per heavy atom. The van der Waals surface area contributed by atoms with Crippen molar-refractivity contribution in [3.05, 3.63) is 0 Å². The van der Waals surface area contributed by atoms with E-state index in [0.717, 1.165) is 0 Å². The number of carbonyl (C=O) groups is 2. The Morgan fingerprint density at radius 3 is 2.69 bits per heavy atom. The van der Waals surface area contributed by atoms with Crippen LogP contribution in [0.25, 0.3) is 0 Å². The lowest BCUT2D eigenvalue weighted by Crippen LogP contribution is -2.13. The monoisotopic (exact) mass is 188 g/mol. The zero-order chi connectivity index (χ0) is 9.68. The maximum atomic E-state index is 10.9. The molecule has 5 heteroatoms. The molecule has 13 heavy (non-hydrogen) atoms. The second-order valence-corrected chi connectivity index (χ2v) is 2.73. The van der Waals surface area contributed by atoms with Gasteiger partial charge in [-0.1, -0.05) is 0 Å². The van der Waals surface area contributed by atoms with Gasteiger partial charge in [-0.05, 0) is 0 Å². The summed E-state index contributed by atoms with van der Waals surface area (Å²) in [5.74, 6) is -0.755. The van der Waals surface area contributed by atoms with Crippen molar-refractivity contribution in [2.24, 2.45) is 0 Å². The largest absolute Gasteiger partial charge is 0.465 e. The van der Waals surface area contributed by atoms with E-state index in [9.17, 15) is 9.59 Å². The Kier molecular flexibility index (Phi) is 3.70. The van der Waals surface area contributed by atoms with E-state index in [1.54, 1.807) is 0 Å². The number of hydrogen-bond acceptors (Lipinski definition) is 5.